The Morgan fingerprint density at radius 2 is 1.76 bits per heavy atom. The molecule has 0 saturated heterocycles. The zero-order valence-corrected chi connectivity index (χ0v) is 14.7. The monoisotopic (exact) mass is 371 g/mol. The van der Waals surface area contributed by atoms with Gasteiger partial charge in [0, 0.05) is 17.2 Å². The van der Waals surface area contributed by atoms with E-state index in [9.17, 15) is 13.2 Å². The molecule has 0 spiro atoms. The summed E-state index contributed by atoms with van der Waals surface area (Å²) in [6, 6.07) is 2.29. The van der Waals surface area contributed by atoms with Gasteiger partial charge in [-0.3, -0.25) is 4.79 Å². The normalized spacial score (nSPS) is 11.7. The molecule has 0 atom stereocenters. The molecule has 0 aromatic heterocycles. The van der Waals surface area contributed by atoms with Crippen LogP contribution in [0.15, 0.2) is 17.0 Å². The lowest BCUT2D eigenvalue weighted by atomic mass is 10.0. The highest BCUT2D eigenvalue weighted by molar-refractivity contribution is 8.13. The fourth-order valence-corrected chi connectivity index (χ4v) is 3.63. The Morgan fingerprint density at radius 3 is 2.24 bits per heavy atom. The summed E-state index contributed by atoms with van der Waals surface area (Å²) in [5.74, 6) is -0.0959. The number of amides is 1. The Labute approximate surface area is 139 Å². The van der Waals surface area contributed by atoms with E-state index in [0.717, 1.165) is 18.9 Å². The second-order valence-corrected chi connectivity index (χ2v) is 7.94. The smallest absolute Gasteiger partial charge is 0.262 e. The van der Waals surface area contributed by atoms with Crippen molar-refractivity contribution in [2.24, 2.45) is 5.92 Å². The molecule has 8 heteroatoms. The highest BCUT2D eigenvalue weighted by Gasteiger charge is 2.21. The number of nitrogens with one attached hydrogen (secondary N) is 1. The second-order valence-electron chi connectivity index (χ2n) is 4.59. The van der Waals surface area contributed by atoms with Crippen LogP contribution in [0.2, 0.25) is 10.0 Å². The summed E-state index contributed by atoms with van der Waals surface area (Å²) < 4.78 is 22.8. The molecule has 0 saturated carbocycles. The van der Waals surface area contributed by atoms with E-state index in [1.807, 2.05) is 13.8 Å². The number of halogens is 3. The summed E-state index contributed by atoms with van der Waals surface area (Å²) in [5, 5.41) is 2.69. The molecule has 0 aliphatic rings. The number of carbonyl (C=O) groups is 1. The zero-order chi connectivity index (χ0) is 16.2. The van der Waals surface area contributed by atoms with Gasteiger partial charge in [0.1, 0.15) is 4.90 Å². The first-order valence-corrected chi connectivity index (χ1v) is 9.49. The minimum absolute atomic E-state index is 0.0336. The standard InChI is InChI=1S/C13H16Cl3NO3S/c1-3-8(4-2)7-17-13(18)9-5-12(21(16,19)20)11(15)6-10(9)14/h5-6,8H,3-4,7H2,1-2H3,(H,17,18). The molecule has 4 nitrogen and oxygen atoms in total. The number of benzene rings is 1. The van der Waals surface area contributed by atoms with Crippen molar-refractivity contribution < 1.29 is 13.2 Å². The van der Waals surface area contributed by atoms with E-state index in [0.29, 0.717) is 12.5 Å². The minimum Gasteiger partial charge on any atom is -0.352 e. The first kappa shape index (κ1) is 18.6. The molecule has 0 fully saturated rings. The molecule has 0 aliphatic heterocycles. The lowest BCUT2D eigenvalue weighted by molar-refractivity contribution is 0.0946. The molecule has 21 heavy (non-hydrogen) atoms. The molecule has 1 aromatic carbocycles. The third-order valence-corrected chi connectivity index (χ3v) is 5.33. The Hall–Kier alpha value is -0.490. The second kappa shape index (κ2) is 7.68. The van der Waals surface area contributed by atoms with Crippen LogP contribution in [0.4, 0.5) is 0 Å². The highest BCUT2D eigenvalue weighted by Crippen LogP contribution is 2.30. The van der Waals surface area contributed by atoms with E-state index in [4.69, 9.17) is 33.9 Å². The molecule has 0 unspecified atom stereocenters. The number of carbonyl (C=O) groups excluding carboxylic acids is 1. The van der Waals surface area contributed by atoms with E-state index in [1.54, 1.807) is 0 Å². The van der Waals surface area contributed by atoms with Gasteiger partial charge >= 0.3 is 0 Å². The van der Waals surface area contributed by atoms with Crippen LogP contribution in [0.25, 0.3) is 0 Å². The average molecular weight is 373 g/mol. The highest BCUT2D eigenvalue weighted by atomic mass is 35.7. The quantitative estimate of drug-likeness (QED) is 0.765. The van der Waals surface area contributed by atoms with Crippen molar-refractivity contribution in [3.63, 3.8) is 0 Å². The molecule has 1 amide bonds. The molecule has 0 radical (unpaired) electrons. The van der Waals surface area contributed by atoms with Crippen LogP contribution in [-0.2, 0) is 9.05 Å². The summed E-state index contributed by atoms with van der Waals surface area (Å²) in [4.78, 5) is 11.8. The van der Waals surface area contributed by atoms with Crippen molar-refractivity contribution in [2.45, 2.75) is 31.6 Å². The van der Waals surface area contributed by atoms with E-state index in [1.165, 1.54) is 6.07 Å². The number of hydrogen-bond donors (Lipinski definition) is 1. The van der Waals surface area contributed by atoms with Crippen molar-refractivity contribution in [3.8, 4) is 0 Å². The Bertz CT molecular complexity index is 628. The van der Waals surface area contributed by atoms with Gasteiger partial charge < -0.3 is 5.32 Å². The Balaban J connectivity index is 3.05. The summed E-state index contributed by atoms with van der Waals surface area (Å²) in [6.45, 7) is 4.56. The lowest BCUT2D eigenvalue weighted by Gasteiger charge is -2.14. The summed E-state index contributed by atoms with van der Waals surface area (Å²) in [6.07, 6.45) is 1.87. The van der Waals surface area contributed by atoms with Crippen LogP contribution in [0.5, 0.6) is 0 Å². The molecule has 118 valence electrons. The minimum atomic E-state index is -4.05. The zero-order valence-electron chi connectivity index (χ0n) is 11.6. The molecule has 0 bridgehead atoms. The lowest BCUT2D eigenvalue weighted by Crippen LogP contribution is -2.29. The third kappa shape index (κ3) is 5.02. The third-order valence-electron chi connectivity index (χ3n) is 3.23. The van der Waals surface area contributed by atoms with Crippen molar-refractivity contribution >= 4 is 48.8 Å². The van der Waals surface area contributed by atoms with Crippen LogP contribution >= 0.6 is 33.9 Å². The maximum atomic E-state index is 12.1. The van der Waals surface area contributed by atoms with Crippen molar-refractivity contribution in [1.82, 2.24) is 5.32 Å². The van der Waals surface area contributed by atoms with E-state index >= 15 is 0 Å². The SMILES string of the molecule is CCC(CC)CNC(=O)c1cc(S(=O)(=O)Cl)c(Cl)cc1Cl. The Morgan fingerprint density at radius 1 is 1.19 bits per heavy atom. The van der Waals surface area contributed by atoms with Crippen LogP contribution in [0, 0.1) is 5.92 Å². The molecule has 0 heterocycles. The van der Waals surface area contributed by atoms with Crippen LogP contribution < -0.4 is 5.32 Å². The van der Waals surface area contributed by atoms with Gasteiger partial charge in [0.15, 0.2) is 0 Å². The van der Waals surface area contributed by atoms with Gasteiger partial charge in [-0.2, -0.15) is 0 Å². The van der Waals surface area contributed by atoms with Gasteiger partial charge in [-0.1, -0.05) is 49.9 Å². The van der Waals surface area contributed by atoms with E-state index in [-0.39, 0.29) is 20.5 Å². The molecule has 1 N–H and O–H groups in total. The number of hydrogen-bond acceptors (Lipinski definition) is 3. The van der Waals surface area contributed by atoms with Crippen LogP contribution in [0.3, 0.4) is 0 Å². The maximum Gasteiger partial charge on any atom is 0.262 e. The van der Waals surface area contributed by atoms with Crippen molar-refractivity contribution in [1.29, 1.82) is 0 Å². The molecular formula is C13H16Cl3NO3S. The van der Waals surface area contributed by atoms with Gasteiger partial charge in [-0.05, 0) is 18.1 Å². The van der Waals surface area contributed by atoms with Gasteiger partial charge in [0.05, 0.1) is 15.6 Å². The summed E-state index contributed by atoms with van der Waals surface area (Å²) in [7, 11) is 1.23. The van der Waals surface area contributed by atoms with Crippen LogP contribution in [0.1, 0.15) is 37.0 Å². The van der Waals surface area contributed by atoms with Crippen molar-refractivity contribution in [3.05, 3.63) is 27.7 Å². The summed E-state index contributed by atoms with van der Waals surface area (Å²) >= 11 is 11.7. The predicted molar refractivity (Wildman–Crippen MR) is 85.9 cm³/mol. The van der Waals surface area contributed by atoms with Gasteiger partial charge in [0.2, 0.25) is 0 Å². The van der Waals surface area contributed by atoms with Gasteiger partial charge in [0.25, 0.3) is 15.0 Å². The first-order chi connectivity index (χ1) is 9.70. The molecular weight excluding hydrogens is 357 g/mol. The average Bonchev–Trinajstić information content (AvgIpc) is 2.38. The Kier molecular flexibility index (Phi) is 6.78. The first-order valence-electron chi connectivity index (χ1n) is 6.42. The number of rotatable bonds is 6. The van der Waals surface area contributed by atoms with E-state index in [2.05, 4.69) is 5.32 Å². The predicted octanol–water partition coefficient (Wildman–Crippen LogP) is 4.09. The van der Waals surface area contributed by atoms with Gasteiger partial charge in [-0.15, -0.1) is 0 Å². The largest absolute Gasteiger partial charge is 0.352 e. The fourth-order valence-electron chi connectivity index (χ4n) is 1.80. The molecule has 0 aliphatic carbocycles. The molecule has 1 rings (SSSR count). The van der Waals surface area contributed by atoms with Crippen LogP contribution in [-0.4, -0.2) is 20.9 Å². The summed E-state index contributed by atoms with van der Waals surface area (Å²) in [5.41, 5.74) is 0.0336. The van der Waals surface area contributed by atoms with E-state index < -0.39 is 15.0 Å². The van der Waals surface area contributed by atoms with Gasteiger partial charge in [-0.25, -0.2) is 8.42 Å². The van der Waals surface area contributed by atoms with Crippen molar-refractivity contribution in [2.75, 3.05) is 6.54 Å². The molecule has 1 aromatic rings. The topological polar surface area (TPSA) is 63.2 Å². The fraction of sp³-hybridized carbons (Fsp3) is 0.462. The maximum absolute atomic E-state index is 12.1.